The molecule has 184 valence electrons. The molecule has 3 rings (SSSR count). The van der Waals surface area contributed by atoms with Crippen molar-refractivity contribution in [2.24, 2.45) is 0 Å². The Morgan fingerprint density at radius 2 is 1.25 bits per heavy atom. The molecular weight excluding hydrogens is 484 g/mol. The fourth-order valence-electron chi connectivity index (χ4n) is 3.79. The van der Waals surface area contributed by atoms with Gasteiger partial charge in [0.05, 0.1) is 6.61 Å². The monoisotopic (exact) mass is 516 g/mol. The van der Waals surface area contributed by atoms with Gasteiger partial charge in [-0.1, -0.05) is 43.3 Å². The first-order valence-corrected chi connectivity index (χ1v) is 12.8. The molecule has 0 heterocycles. The fourth-order valence-corrected chi connectivity index (χ4v) is 4.09. The van der Waals surface area contributed by atoms with Crippen molar-refractivity contribution in [3.63, 3.8) is 0 Å². The van der Waals surface area contributed by atoms with Gasteiger partial charge in [0.1, 0.15) is 18.1 Å². The quantitative estimate of drug-likeness (QED) is 0.210. The van der Waals surface area contributed by atoms with E-state index in [2.05, 4.69) is 36.1 Å². The minimum atomic E-state index is -2.96. The molecule has 0 fully saturated rings. The molecule has 6 nitrogen and oxygen atoms in total. The molecule has 0 aliphatic rings. The molecule has 0 amide bonds. The number of benzene rings is 3. The van der Waals surface area contributed by atoms with Gasteiger partial charge in [0.25, 0.3) is 0 Å². The molecule has 0 aliphatic carbocycles. The van der Waals surface area contributed by atoms with E-state index in [9.17, 15) is 9.46 Å². The number of ether oxygens (including phenoxy) is 2. The second-order valence-electron chi connectivity index (χ2n) is 8.18. The van der Waals surface area contributed by atoms with Crippen LogP contribution in [0.2, 0.25) is 0 Å². The Balaban J connectivity index is 0.00000456. The zero-order chi connectivity index (χ0) is 25.2. The summed E-state index contributed by atoms with van der Waals surface area (Å²) in [5, 5.41) is 0. The second-order valence-corrected chi connectivity index (χ2v) is 8.81. The third-order valence-corrected chi connectivity index (χ3v) is 5.80. The van der Waals surface area contributed by atoms with Gasteiger partial charge in [-0.2, -0.15) is 0 Å². The number of allylic oxidation sites excluding steroid dienone is 1. The Bertz CT molecular complexity index is 1130. The van der Waals surface area contributed by atoms with Gasteiger partial charge in [0, 0.05) is 6.54 Å². The maximum atomic E-state index is 10.9. The predicted octanol–water partition coefficient (Wildman–Crippen LogP) is 2.80. The number of likely N-dealkylation sites (N-methyl/N-ethyl adjacent to an activating group) is 1. The summed E-state index contributed by atoms with van der Waals surface area (Å²) < 4.78 is 27.3. The molecule has 0 bridgehead atoms. The Kier molecular flexibility index (Phi) is 12.7. The molecule has 0 aliphatic heterocycles. The van der Waals surface area contributed by atoms with Crippen LogP contribution in [0, 0.1) is 0 Å². The van der Waals surface area contributed by atoms with Crippen LogP contribution in [0.4, 0.5) is 0 Å². The van der Waals surface area contributed by atoms with Crippen molar-refractivity contribution < 1.29 is 53.0 Å². The molecule has 0 saturated carbocycles. The first-order valence-electron chi connectivity index (χ1n) is 11.7. The van der Waals surface area contributed by atoms with Crippen LogP contribution in [0.25, 0.3) is 11.1 Å². The van der Waals surface area contributed by atoms with E-state index in [1.807, 2.05) is 57.4 Å². The maximum Gasteiger partial charge on any atom is 1.00 e. The second kappa shape index (κ2) is 15.2. The van der Waals surface area contributed by atoms with Gasteiger partial charge >= 0.3 is 37.8 Å². The van der Waals surface area contributed by atoms with Crippen molar-refractivity contribution >= 4 is 19.4 Å². The van der Waals surface area contributed by atoms with Gasteiger partial charge in [-0.25, -0.2) is 0 Å². The molecule has 8 heteroatoms. The average Bonchev–Trinajstić information content (AvgIpc) is 2.84. The first kappa shape index (κ1) is 30.0. The van der Waals surface area contributed by atoms with Crippen molar-refractivity contribution in [2.75, 3.05) is 33.9 Å². The van der Waals surface area contributed by atoms with Gasteiger partial charge in [-0.3, -0.25) is 4.52 Å². The van der Waals surface area contributed by atoms with E-state index >= 15 is 0 Å². The number of hydrogen-bond donors (Lipinski definition) is 0. The van der Waals surface area contributed by atoms with Crippen molar-refractivity contribution in [3.8, 4) is 17.2 Å². The summed E-state index contributed by atoms with van der Waals surface area (Å²) in [4.78, 5) is 13.0. The summed E-state index contributed by atoms with van der Waals surface area (Å²) >= 11 is 0. The third kappa shape index (κ3) is 8.74. The molecule has 3 aromatic carbocycles. The summed E-state index contributed by atoms with van der Waals surface area (Å²) in [7, 11) is 1.07. The Morgan fingerprint density at radius 3 is 1.69 bits per heavy atom. The number of rotatable bonds is 12. The Labute approximate surface area is 237 Å². The van der Waals surface area contributed by atoms with Gasteiger partial charge < -0.3 is 19.3 Å². The third-order valence-electron chi connectivity index (χ3n) is 5.44. The van der Waals surface area contributed by atoms with E-state index < -0.39 is 8.25 Å². The Hall–Kier alpha value is -2.18. The van der Waals surface area contributed by atoms with Crippen LogP contribution in [0.3, 0.4) is 0 Å². The zero-order valence-electron chi connectivity index (χ0n) is 21.7. The van der Waals surface area contributed by atoms with Crippen molar-refractivity contribution in [3.05, 3.63) is 89.5 Å². The van der Waals surface area contributed by atoms with Crippen LogP contribution >= 0.6 is 8.25 Å². The van der Waals surface area contributed by atoms with E-state index in [-0.39, 0.29) is 35.3 Å². The van der Waals surface area contributed by atoms with Crippen molar-refractivity contribution in [1.82, 2.24) is 4.90 Å². The largest absolute Gasteiger partial charge is 1.00 e. The van der Waals surface area contributed by atoms with Crippen LogP contribution in [0.15, 0.2) is 72.8 Å². The SMILES string of the molecule is CCOc1ccc(/C(CC)=C(/c2ccc(OCCN(C)C)cc2)c2ccc(O[P+](=O)[O-])cc2)cc1.[Na+]. The molecular formula is C28H32NNaO5P+. The van der Waals surface area contributed by atoms with Crippen LogP contribution in [-0.4, -0.2) is 38.8 Å². The molecule has 0 radical (unpaired) electrons. The number of nitrogens with zero attached hydrogens (tertiary/aromatic N) is 1. The molecule has 36 heavy (non-hydrogen) atoms. The minimum Gasteiger partial charge on any atom is -0.558 e. The van der Waals surface area contributed by atoms with Gasteiger partial charge in [0.15, 0.2) is 5.75 Å². The average molecular weight is 517 g/mol. The maximum absolute atomic E-state index is 10.9. The smallest absolute Gasteiger partial charge is 0.558 e. The topological polar surface area (TPSA) is 71.1 Å². The number of hydrogen-bond acceptors (Lipinski definition) is 6. The summed E-state index contributed by atoms with van der Waals surface area (Å²) in [6.07, 6.45) is 0.801. The standard InChI is InChI=1S/C28H32NO5P.Na/c1-5-27(21-7-13-24(14-8-21)32-6-2)28(23-11-17-26(18-12-23)34-35(30)31)22-9-15-25(16-10-22)33-20-19-29(3)4;/h7-18H,5-6,19-20H2,1-4H3;/q;+1/b28-27-;. The van der Waals surface area contributed by atoms with Gasteiger partial charge in [-0.15, -0.1) is 0 Å². The molecule has 0 aromatic heterocycles. The predicted molar refractivity (Wildman–Crippen MR) is 139 cm³/mol. The first-order chi connectivity index (χ1) is 16.9. The molecule has 0 saturated heterocycles. The molecule has 3 aromatic rings. The van der Waals surface area contributed by atoms with Gasteiger partial charge in [-0.05, 0) is 96.2 Å². The van der Waals surface area contributed by atoms with Crippen LogP contribution < -0.4 is 48.4 Å². The molecule has 1 unspecified atom stereocenters. The zero-order valence-corrected chi connectivity index (χ0v) is 24.6. The molecule has 1 atom stereocenters. The molecule has 0 spiro atoms. The summed E-state index contributed by atoms with van der Waals surface area (Å²) in [5.41, 5.74) is 5.33. The summed E-state index contributed by atoms with van der Waals surface area (Å²) in [5.74, 6) is 1.94. The van der Waals surface area contributed by atoms with Crippen LogP contribution in [0.5, 0.6) is 17.2 Å². The summed E-state index contributed by atoms with van der Waals surface area (Å²) in [6.45, 7) is 6.17. The van der Waals surface area contributed by atoms with E-state index in [1.54, 1.807) is 12.1 Å². The summed E-state index contributed by atoms with van der Waals surface area (Å²) in [6, 6.07) is 23.3. The minimum absolute atomic E-state index is 0. The van der Waals surface area contributed by atoms with Crippen LogP contribution in [-0.2, 0) is 4.57 Å². The van der Waals surface area contributed by atoms with Crippen LogP contribution in [0.1, 0.15) is 37.0 Å². The van der Waals surface area contributed by atoms with Gasteiger partial charge in [0.2, 0.25) is 0 Å². The fraction of sp³-hybridized carbons (Fsp3) is 0.286. The van der Waals surface area contributed by atoms with E-state index in [4.69, 9.17) is 14.0 Å². The molecule has 0 N–H and O–H groups in total. The Morgan fingerprint density at radius 1 is 0.778 bits per heavy atom. The normalized spacial score (nSPS) is 11.9. The van der Waals surface area contributed by atoms with Crippen molar-refractivity contribution in [2.45, 2.75) is 20.3 Å². The van der Waals surface area contributed by atoms with E-state index in [0.29, 0.717) is 13.2 Å². The van der Waals surface area contributed by atoms with Crippen molar-refractivity contribution in [1.29, 1.82) is 0 Å². The van der Waals surface area contributed by atoms with E-state index in [1.165, 1.54) is 0 Å². The van der Waals surface area contributed by atoms with E-state index in [0.717, 1.165) is 52.3 Å².